The number of ether oxygens (including phenoxy) is 2. The van der Waals surface area contributed by atoms with Crippen LogP contribution >= 0.6 is 7.82 Å². The third-order valence-electron chi connectivity index (χ3n) is 4.35. The Morgan fingerprint density at radius 1 is 0.759 bits per heavy atom. The number of carbonyl (C=O) groups is 2. The monoisotopic (exact) mass is 438 g/mol. The summed E-state index contributed by atoms with van der Waals surface area (Å²) in [6.45, 7) is 3.20. The first-order valence-corrected chi connectivity index (χ1v) is 12.4. The van der Waals surface area contributed by atoms with Crippen LogP contribution in [-0.4, -0.2) is 41.0 Å². The molecule has 0 aromatic carbocycles. The number of hydrogen-bond acceptors (Lipinski definition) is 6. The maximum atomic E-state index is 12.0. The van der Waals surface area contributed by atoms with Crippen molar-refractivity contribution >= 4 is 19.8 Å². The second kappa shape index (κ2) is 17.9. The Kier molecular flexibility index (Phi) is 17.3. The summed E-state index contributed by atoms with van der Waals surface area (Å²) in [5.74, 6) is -0.949. The van der Waals surface area contributed by atoms with Gasteiger partial charge in [0.1, 0.15) is 6.61 Å². The van der Waals surface area contributed by atoms with Gasteiger partial charge in [-0.3, -0.25) is 14.1 Å². The van der Waals surface area contributed by atoms with Crippen LogP contribution in [0.2, 0.25) is 0 Å². The van der Waals surface area contributed by atoms with E-state index in [1.807, 2.05) is 6.92 Å². The standard InChI is InChI=1S/C20H39O8P/c1-3-5-6-7-8-9-10-11-12-13-15-20(22)28-18(17-27-29(23,24)25)16-26-19(21)14-4-2/h18H,3-17H2,1-2H3,(H2,23,24,25). The van der Waals surface area contributed by atoms with E-state index in [0.717, 1.165) is 19.3 Å². The zero-order valence-corrected chi connectivity index (χ0v) is 18.9. The van der Waals surface area contributed by atoms with Crippen molar-refractivity contribution in [1.82, 2.24) is 0 Å². The van der Waals surface area contributed by atoms with Crippen molar-refractivity contribution in [3.05, 3.63) is 0 Å². The van der Waals surface area contributed by atoms with Crippen LogP contribution in [0.1, 0.15) is 97.3 Å². The van der Waals surface area contributed by atoms with E-state index in [1.54, 1.807) is 0 Å². The summed E-state index contributed by atoms with van der Waals surface area (Å²) in [4.78, 5) is 41.0. The number of phosphoric acid groups is 1. The van der Waals surface area contributed by atoms with Crippen molar-refractivity contribution in [2.75, 3.05) is 13.2 Å². The van der Waals surface area contributed by atoms with Gasteiger partial charge >= 0.3 is 19.8 Å². The van der Waals surface area contributed by atoms with E-state index in [1.165, 1.54) is 38.5 Å². The fourth-order valence-corrected chi connectivity index (χ4v) is 3.12. The minimum absolute atomic E-state index is 0.214. The van der Waals surface area contributed by atoms with Gasteiger partial charge in [-0.05, 0) is 12.8 Å². The Morgan fingerprint density at radius 2 is 1.31 bits per heavy atom. The molecule has 0 rings (SSSR count). The SMILES string of the molecule is CCCCCCCCCCCCC(=O)OC(COC(=O)CCC)COP(=O)(O)O. The summed E-state index contributed by atoms with van der Waals surface area (Å²) >= 11 is 0. The molecule has 0 aliphatic carbocycles. The highest BCUT2D eigenvalue weighted by Crippen LogP contribution is 2.35. The lowest BCUT2D eigenvalue weighted by Crippen LogP contribution is -2.29. The van der Waals surface area contributed by atoms with Gasteiger partial charge in [-0.15, -0.1) is 0 Å². The van der Waals surface area contributed by atoms with E-state index in [-0.39, 0.29) is 19.4 Å². The maximum absolute atomic E-state index is 12.0. The second-order valence-corrected chi connectivity index (χ2v) is 8.50. The molecule has 172 valence electrons. The molecule has 0 saturated carbocycles. The van der Waals surface area contributed by atoms with E-state index < -0.39 is 32.5 Å². The van der Waals surface area contributed by atoms with Crippen LogP contribution in [0.4, 0.5) is 0 Å². The largest absolute Gasteiger partial charge is 0.469 e. The molecule has 0 saturated heterocycles. The van der Waals surface area contributed by atoms with Crippen molar-refractivity contribution in [2.24, 2.45) is 0 Å². The van der Waals surface area contributed by atoms with E-state index in [4.69, 9.17) is 19.3 Å². The lowest BCUT2D eigenvalue weighted by atomic mass is 10.1. The maximum Gasteiger partial charge on any atom is 0.469 e. The molecule has 0 fully saturated rings. The molecular formula is C20H39O8P. The van der Waals surface area contributed by atoms with Gasteiger partial charge in [0.2, 0.25) is 0 Å². The van der Waals surface area contributed by atoms with Gasteiger partial charge in [-0.1, -0.05) is 71.6 Å². The van der Waals surface area contributed by atoms with E-state index in [9.17, 15) is 14.2 Å². The molecule has 0 radical (unpaired) electrons. The van der Waals surface area contributed by atoms with Gasteiger partial charge in [0.25, 0.3) is 0 Å². The Morgan fingerprint density at radius 3 is 1.83 bits per heavy atom. The van der Waals surface area contributed by atoms with Crippen LogP contribution in [0.5, 0.6) is 0 Å². The summed E-state index contributed by atoms with van der Waals surface area (Å²) in [7, 11) is -4.70. The number of phosphoric ester groups is 1. The highest BCUT2D eigenvalue weighted by Gasteiger charge is 2.22. The quantitative estimate of drug-likeness (QED) is 0.170. The van der Waals surface area contributed by atoms with Crippen molar-refractivity contribution < 1.29 is 37.9 Å². The van der Waals surface area contributed by atoms with E-state index in [0.29, 0.717) is 12.8 Å². The fourth-order valence-electron chi connectivity index (χ4n) is 2.76. The third kappa shape index (κ3) is 20.1. The highest BCUT2D eigenvalue weighted by molar-refractivity contribution is 7.46. The molecule has 29 heavy (non-hydrogen) atoms. The predicted octanol–water partition coefficient (Wildman–Crippen LogP) is 4.66. The zero-order valence-electron chi connectivity index (χ0n) is 18.0. The summed E-state index contributed by atoms with van der Waals surface area (Å²) in [5.41, 5.74) is 0. The first kappa shape index (κ1) is 28.1. The van der Waals surface area contributed by atoms with E-state index >= 15 is 0 Å². The number of unbranched alkanes of at least 4 members (excludes halogenated alkanes) is 9. The van der Waals surface area contributed by atoms with Crippen molar-refractivity contribution in [3.8, 4) is 0 Å². The van der Waals surface area contributed by atoms with Crippen molar-refractivity contribution in [3.63, 3.8) is 0 Å². The van der Waals surface area contributed by atoms with Crippen molar-refractivity contribution in [2.45, 2.75) is 103 Å². The van der Waals surface area contributed by atoms with Gasteiger partial charge in [0, 0.05) is 12.8 Å². The van der Waals surface area contributed by atoms with Crippen LogP contribution in [0, 0.1) is 0 Å². The number of hydrogen-bond donors (Lipinski definition) is 2. The molecule has 8 nitrogen and oxygen atoms in total. The molecule has 0 aliphatic heterocycles. The molecule has 0 heterocycles. The van der Waals surface area contributed by atoms with Crippen molar-refractivity contribution in [1.29, 1.82) is 0 Å². The number of esters is 2. The Balaban J connectivity index is 4.02. The van der Waals surface area contributed by atoms with Gasteiger partial charge in [0.15, 0.2) is 6.10 Å². The average molecular weight is 438 g/mol. The second-order valence-electron chi connectivity index (χ2n) is 7.26. The minimum Gasteiger partial charge on any atom is -0.462 e. The molecule has 0 aromatic rings. The van der Waals surface area contributed by atoms with Crippen LogP contribution in [0.3, 0.4) is 0 Å². The molecule has 0 spiro atoms. The molecule has 0 amide bonds. The number of carbonyl (C=O) groups excluding carboxylic acids is 2. The average Bonchev–Trinajstić information content (AvgIpc) is 2.65. The molecule has 0 aromatic heterocycles. The van der Waals surface area contributed by atoms with Crippen LogP contribution in [0.25, 0.3) is 0 Å². The summed E-state index contributed by atoms with van der Waals surface area (Å²) < 4.78 is 25.4. The van der Waals surface area contributed by atoms with Gasteiger partial charge in [-0.25, -0.2) is 4.57 Å². The van der Waals surface area contributed by atoms with Crippen LogP contribution in [-0.2, 0) is 28.2 Å². The van der Waals surface area contributed by atoms with Crippen LogP contribution in [0.15, 0.2) is 0 Å². The summed E-state index contributed by atoms with van der Waals surface area (Å²) in [5, 5.41) is 0. The summed E-state index contributed by atoms with van der Waals surface area (Å²) in [6, 6.07) is 0. The highest BCUT2D eigenvalue weighted by atomic mass is 31.2. The smallest absolute Gasteiger partial charge is 0.462 e. The molecule has 1 atom stereocenters. The zero-order chi connectivity index (χ0) is 22.0. The van der Waals surface area contributed by atoms with Gasteiger partial charge in [0.05, 0.1) is 6.61 Å². The lowest BCUT2D eigenvalue weighted by Gasteiger charge is -2.18. The Hall–Kier alpha value is -0.950. The van der Waals surface area contributed by atoms with Gasteiger partial charge in [-0.2, -0.15) is 0 Å². The number of rotatable bonds is 19. The molecule has 0 bridgehead atoms. The normalized spacial score (nSPS) is 12.6. The lowest BCUT2D eigenvalue weighted by molar-refractivity contribution is -0.161. The van der Waals surface area contributed by atoms with Crippen LogP contribution < -0.4 is 0 Å². The first-order chi connectivity index (χ1) is 13.8. The minimum atomic E-state index is -4.70. The van der Waals surface area contributed by atoms with E-state index in [2.05, 4.69) is 11.4 Å². The summed E-state index contributed by atoms with van der Waals surface area (Å²) in [6.07, 6.45) is 11.5. The molecular weight excluding hydrogens is 399 g/mol. The first-order valence-electron chi connectivity index (χ1n) is 10.8. The fraction of sp³-hybridized carbons (Fsp3) is 0.900. The Labute approximate surface area is 174 Å². The topological polar surface area (TPSA) is 119 Å². The molecule has 2 N–H and O–H groups in total. The Bertz CT molecular complexity index is 477. The van der Waals surface area contributed by atoms with Gasteiger partial charge < -0.3 is 19.3 Å². The predicted molar refractivity (Wildman–Crippen MR) is 110 cm³/mol. The third-order valence-corrected chi connectivity index (χ3v) is 4.83. The molecule has 1 unspecified atom stereocenters. The molecule has 0 aliphatic rings. The molecule has 9 heteroatoms.